The van der Waals surface area contributed by atoms with E-state index in [1.165, 1.54) is 11.1 Å². The highest BCUT2D eigenvalue weighted by atomic mass is 16.3. The molecule has 2 rings (SSSR count). The molecule has 2 aromatic rings. The Morgan fingerprint density at radius 2 is 1.62 bits per heavy atom. The maximum Gasteiger partial charge on any atom is 0.125 e. The fraction of sp³-hybridized carbons (Fsp3) is 0.474. The second-order valence-electron chi connectivity index (χ2n) is 5.87. The van der Waals surface area contributed by atoms with Crippen LogP contribution in [0.15, 0.2) is 40.8 Å². The van der Waals surface area contributed by atoms with Crippen molar-refractivity contribution in [3.63, 3.8) is 0 Å². The van der Waals surface area contributed by atoms with Gasteiger partial charge in [0, 0.05) is 6.42 Å². The lowest BCUT2D eigenvalue weighted by atomic mass is 9.98. The summed E-state index contributed by atoms with van der Waals surface area (Å²) >= 11 is 0. The van der Waals surface area contributed by atoms with E-state index in [0.29, 0.717) is 5.92 Å². The molecule has 0 aliphatic carbocycles. The lowest BCUT2D eigenvalue weighted by Gasteiger charge is -2.18. The SMILES string of the molecule is CCCNC(c1ccc(C(C)C)cc1)c1ccc(CC)o1. The minimum absolute atomic E-state index is 0.145. The third-order valence-corrected chi connectivity index (χ3v) is 3.85. The predicted octanol–water partition coefficient (Wildman–Crippen LogP) is 5.05. The summed E-state index contributed by atoms with van der Waals surface area (Å²) in [6, 6.07) is 13.2. The van der Waals surface area contributed by atoms with Crippen LogP contribution in [0.1, 0.15) is 68.7 Å². The summed E-state index contributed by atoms with van der Waals surface area (Å²) in [4.78, 5) is 0. The van der Waals surface area contributed by atoms with Gasteiger partial charge in [-0.3, -0.25) is 0 Å². The molecule has 1 atom stereocenters. The summed E-state index contributed by atoms with van der Waals surface area (Å²) in [7, 11) is 0. The molecule has 114 valence electrons. The van der Waals surface area contributed by atoms with Gasteiger partial charge in [0.15, 0.2) is 0 Å². The zero-order valence-corrected chi connectivity index (χ0v) is 13.6. The van der Waals surface area contributed by atoms with Crippen molar-refractivity contribution >= 4 is 0 Å². The van der Waals surface area contributed by atoms with E-state index in [4.69, 9.17) is 4.42 Å². The van der Waals surface area contributed by atoms with Crippen LogP contribution in [-0.2, 0) is 6.42 Å². The summed E-state index contributed by atoms with van der Waals surface area (Å²) in [5.74, 6) is 2.63. The van der Waals surface area contributed by atoms with Crippen molar-refractivity contribution in [3.8, 4) is 0 Å². The smallest absolute Gasteiger partial charge is 0.125 e. The third-order valence-electron chi connectivity index (χ3n) is 3.85. The molecule has 0 bridgehead atoms. The molecule has 0 amide bonds. The minimum atomic E-state index is 0.145. The highest BCUT2D eigenvalue weighted by molar-refractivity contribution is 5.31. The van der Waals surface area contributed by atoms with Gasteiger partial charge in [-0.25, -0.2) is 0 Å². The van der Waals surface area contributed by atoms with Crippen molar-refractivity contribution in [1.29, 1.82) is 0 Å². The maximum absolute atomic E-state index is 5.96. The van der Waals surface area contributed by atoms with Gasteiger partial charge in [0.2, 0.25) is 0 Å². The topological polar surface area (TPSA) is 25.2 Å². The van der Waals surface area contributed by atoms with Gasteiger partial charge in [0.25, 0.3) is 0 Å². The lowest BCUT2D eigenvalue weighted by molar-refractivity contribution is 0.422. The van der Waals surface area contributed by atoms with E-state index in [1.54, 1.807) is 0 Å². The van der Waals surface area contributed by atoms with Crippen molar-refractivity contribution in [2.45, 2.75) is 52.5 Å². The molecular formula is C19H27NO. The fourth-order valence-corrected chi connectivity index (χ4v) is 2.48. The second kappa shape index (κ2) is 7.46. The first-order valence-corrected chi connectivity index (χ1v) is 8.07. The van der Waals surface area contributed by atoms with Crippen LogP contribution in [0.5, 0.6) is 0 Å². The van der Waals surface area contributed by atoms with Gasteiger partial charge in [-0.1, -0.05) is 52.0 Å². The van der Waals surface area contributed by atoms with Crippen molar-refractivity contribution in [1.82, 2.24) is 5.32 Å². The number of benzene rings is 1. The number of rotatable bonds is 7. The molecule has 2 nitrogen and oxygen atoms in total. The Kier molecular flexibility index (Phi) is 5.63. The van der Waals surface area contributed by atoms with E-state index in [9.17, 15) is 0 Å². The summed E-state index contributed by atoms with van der Waals surface area (Å²) in [6.07, 6.45) is 2.05. The molecule has 0 radical (unpaired) electrons. The Morgan fingerprint density at radius 1 is 0.952 bits per heavy atom. The quantitative estimate of drug-likeness (QED) is 0.769. The summed E-state index contributed by atoms with van der Waals surface area (Å²) in [5.41, 5.74) is 2.64. The van der Waals surface area contributed by atoms with Crippen LogP contribution in [0.3, 0.4) is 0 Å². The molecule has 0 saturated heterocycles. The monoisotopic (exact) mass is 285 g/mol. The van der Waals surface area contributed by atoms with Gasteiger partial charge >= 0.3 is 0 Å². The van der Waals surface area contributed by atoms with Gasteiger partial charge in [-0.2, -0.15) is 0 Å². The van der Waals surface area contributed by atoms with Crippen LogP contribution >= 0.6 is 0 Å². The molecule has 0 aliphatic rings. The molecule has 0 saturated carbocycles. The Hall–Kier alpha value is -1.54. The first kappa shape index (κ1) is 15.8. The highest BCUT2D eigenvalue weighted by Gasteiger charge is 2.17. The number of hydrogen-bond acceptors (Lipinski definition) is 2. The normalized spacial score (nSPS) is 12.8. The summed E-state index contributed by atoms with van der Waals surface area (Å²) in [6.45, 7) is 9.74. The lowest BCUT2D eigenvalue weighted by Crippen LogP contribution is -2.22. The fourth-order valence-electron chi connectivity index (χ4n) is 2.48. The zero-order chi connectivity index (χ0) is 15.2. The largest absolute Gasteiger partial charge is 0.464 e. The van der Waals surface area contributed by atoms with Crippen LogP contribution < -0.4 is 5.32 Å². The number of furan rings is 1. The van der Waals surface area contributed by atoms with E-state index < -0.39 is 0 Å². The maximum atomic E-state index is 5.96. The molecule has 0 fully saturated rings. The molecule has 2 heteroatoms. The molecule has 1 unspecified atom stereocenters. The Labute approximate surface area is 128 Å². The predicted molar refractivity (Wildman–Crippen MR) is 88.8 cm³/mol. The first-order valence-electron chi connectivity index (χ1n) is 8.07. The third kappa shape index (κ3) is 3.98. The summed E-state index contributed by atoms with van der Waals surface area (Å²) < 4.78 is 5.96. The van der Waals surface area contributed by atoms with E-state index in [1.807, 2.05) is 0 Å². The molecular weight excluding hydrogens is 258 g/mol. The summed E-state index contributed by atoms with van der Waals surface area (Å²) in [5, 5.41) is 3.59. The molecule has 0 aliphatic heterocycles. The Morgan fingerprint density at radius 3 is 2.14 bits per heavy atom. The number of nitrogens with one attached hydrogen (secondary N) is 1. The standard InChI is InChI=1S/C19H27NO/c1-5-13-20-19(18-12-11-17(6-2)21-18)16-9-7-15(8-10-16)14(3)4/h7-12,14,19-20H,5-6,13H2,1-4H3. The molecule has 1 heterocycles. The Balaban J connectivity index is 2.26. The van der Waals surface area contributed by atoms with Crippen LogP contribution in [0, 0.1) is 0 Å². The molecule has 1 N–H and O–H groups in total. The van der Waals surface area contributed by atoms with Gasteiger partial charge in [0.1, 0.15) is 11.5 Å². The molecule has 21 heavy (non-hydrogen) atoms. The first-order chi connectivity index (χ1) is 10.2. The zero-order valence-electron chi connectivity index (χ0n) is 13.6. The second-order valence-corrected chi connectivity index (χ2v) is 5.87. The van der Waals surface area contributed by atoms with Crippen LogP contribution in [0.25, 0.3) is 0 Å². The molecule has 1 aromatic carbocycles. The van der Waals surface area contributed by atoms with Crippen molar-refractivity contribution in [3.05, 3.63) is 59.0 Å². The van der Waals surface area contributed by atoms with E-state index in [2.05, 4.69) is 69.4 Å². The van der Waals surface area contributed by atoms with E-state index in [0.717, 1.165) is 30.9 Å². The average molecular weight is 285 g/mol. The van der Waals surface area contributed by atoms with Gasteiger partial charge in [-0.15, -0.1) is 0 Å². The van der Waals surface area contributed by atoms with Crippen molar-refractivity contribution < 1.29 is 4.42 Å². The van der Waals surface area contributed by atoms with Crippen molar-refractivity contribution in [2.75, 3.05) is 6.54 Å². The minimum Gasteiger partial charge on any atom is -0.464 e. The van der Waals surface area contributed by atoms with Crippen LogP contribution in [0.4, 0.5) is 0 Å². The van der Waals surface area contributed by atoms with E-state index in [-0.39, 0.29) is 6.04 Å². The van der Waals surface area contributed by atoms with Gasteiger partial charge in [-0.05, 0) is 42.1 Å². The molecule has 0 spiro atoms. The van der Waals surface area contributed by atoms with Crippen molar-refractivity contribution in [2.24, 2.45) is 0 Å². The van der Waals surface area contributed by atoms with Gasteiger partial charge in [0.05, 0.1) is 6.04 Å². The van der Waals surface area contributed by atoms with Crippen LogP contribution in [0.2, 0.25) is 0 Å². The molecule has 1 aromatic heterocycles. The van der Waals surface area contributed by atoms with Crippen LogP contribution in [-0.4, -0.2) is 6.54 Å². The number of hydrogen-bond donors (Lipinski definition) is 1. The van der Waals surface area contributed by atoms with E-state index >= 15 is 0 Å². The number of aryl methyl sites for hydroxylation is 1. The average Bonchev–Trinajstić information content (AvgIpc) is 2.97. The highest BCUT2D eigenvalue weighted by Crippen LogP contribution is 2.26. The van der Waals surface area contributed by atoms with Gasteiger partial charge < -0.3 is 9.73 Å². The Bertz CT molecular complexity index is 539.